The van der Waals surface area contributed by atoms with Gasteiger partial charge in [-0.1, -0.05) is 12.8 Å². The van der Waals surface area contributed by atoms with Crippen LogP contribution in [0.15, 0.2) is 0 Å². The number of halogens is 3. The number of hydrogen-bond donors (Lipinski definition) is 1. The number of hydrogen-bond acceptors (Lipinski definition) is 2. The van der Waals surface area contributed by atoms with Gasteiger partial charge in [-0.2, -0.15) is 13.2 Å². The molecule has 118 valence electrons. The lowest BCUT2D eigenvalue weighted by Gasteiger charge is -2.39. The summed E-state index contributed by atoms with van der Waals surface area (Å²) in [5.41, 5.74) is 0.223. The van der Waals surface area contributed by atoms with Crippen LogP contribution in [0, 0.1) is 5.92 Å². The van der Waals surface area contributed by atoms with E-state index >= 15 is 0 Å². The third-order valence-corrected chi connectivity index (χ3v) is 5.39. The highest BCUT2D eigenvalue weighted by Gasteiger charge is 2.42. The van der Waals surface area contributed by atoms with Gasteiger partial charge in [0.25, 0.3) is 0 Å². The van der Waals surface area contributed by atoms with Gasteiger partial charge in [0, 0.05) is 18.1 Å². The quantitative estimate of drug-likeness (QED) is 0.852. The lowest BCUT2D eigenvalue weighted by Crippen LogP contribution is -2.52. The Hall–Kier alpha value is -0.290. The minimum Gasteiger partial charge on any atom is -0.312 e. The molecule has 0 atom stereocenters. The van der Waals surface area contributed by atoms with E-state index in [9.17, 15) is 13.2 Å². The number of rotatable bonds is 4. The normalized spacial score (nSPS) is 30.9. The van der Waals surface area contributed by atoms with Crippen molar-refractivity contribution in [3.63, 3.8) is 0 Å². The van der Waals surface area contributed by atoms with Gasteiger partial charge in [0.15, 0.2) is 0 Å². The summed E-state index contributed by atoms with van der Waals surface area (Å²) in [5, 5.41) is 3.55. The van der Waals surface area contributed by atoms with Gasteiger partial charge in [-0.3, -0.25) is 0 Å². The minimum atomic E-state index is -4.00. The molecule has 20 heavy (non-hydrogen) atoms. The van der Waals surface area contributed by atoms with E-state index in [1.165, 1.54) is 25.7 Å². The van der Waals surface area contributed by atoms with Gasteiger partial charge in [0.2, 0.25) is 0 Å². The molecule has 1 N–H and O–H groups in total. The number of likely N-dealkylation sites (N-methyl/N-ethyl adjacent to an activating group) is 1. The molecule has 0 saturated heterocycles. The van der Waals surface area contributed by atoms with Gasteiger partial charge in [0.05, 0.1) is 5.92 Å². The first-order chi connectivity index (χ1) is 9.33. The second kappa shape index (κ2) is 6.22. The molecule has 2 rings (SSSR count). The van der Waals surface area contributed by atoms with Crippen LogP contribution in [0.25, 0.3) is 0 Å². The van der Waals surface area contributed by atoms with Gasteiger partial charge in [-0.05, 0) is 52.6 Å². The molecule has 2 aliphatic carbocycles. The van der Waals surface area contributed by atoms with Crippen molar-refractivity contribution in [3.8, 4) is 0 Å². The maximum absolute atomic E-state index is 12.6. The molecular formula is C15H27F3N2. The second-order valence-electron chi connectivity index (χ2n) is 6.80. The third-order valence-electron chi connectivity index (χ3n) is 5.39. The maximum atomic E-state index is 12.6. The maximum Gasteiger partial charge on any atom is 0.391 e. The first kappa shape index (κ1) is 16.1. The molecule has 2 nitrogen and oxygen atoms in total. The monoisotopic (exact) mass is 292 g/mol. The topological polar surface area (TPSA) is 15.3 Å². The number of nitrogens with one attached hydrogen (secondary N) is 1. The lowest BCUT2D eigenvalue weighted by molar-refractivity contribution is -0.182. The van der Waals surface area contributed by atoms with Gasteiger partial charge < -0.3 is 10.2 Å². The molecule has 0 aliphatic heterocycles. The van der Waals surface area contributed by atoms with Crippen LogP contribution in [0.4, 0.5) is 13.2 Å². The zero-order valence-electron chi connectivity index (χ0n) is 12.6. The summed E-state index contributed by atoms with van der Waals surface area (Å²) in [6, 6.07) is 0.269. The van der Waals surface area contributed by atoms with Crippen LogP contribution in [-0.4, -0.2) is 43.3 Å². The number of alkyl halides is 3. The molecule has 0 amide bonds. The highest BCUT2D eigenvalue weighted by molar-refractivity contribution is 4.95. The largest absolute Gasteiger partial charge is 0.391 e. The van der Waals surface area contributed by atoms with Crippen LogP contribution in [-0.2, 0) is 0 Å². The summed E-state index contributed by atoms with van der Waals surface area (Å²) < 4.78 is 37.9. The summed E-state index contributed by atoms with van der Waals surface area (Å²) in [4.78, 5) is 2.30. The Morgan fingerprint density at radius 3 is 2.05 bits per heavy atom. The minimum absolute atomic E-state index is 0.223. The van der Waals surface area contributed by atoms with Crippen molar-refractivity contribution in [1.82, 2.24) is 10.2 Å². The molecular weight excluding hydrogens is 265 g/mol. The predicted molar refractivity (Wildman–Crippen MR) is 74.7 cm³/mol. The molecule has 2 aliphatic rings. The summed E-state index contributed by atoms with van der Waals surface area (Å²) in [6.07, 6.45) is 2.83. The van der Waals surface area contributed by atoms with Gasteiger partial charge in [0.1, 0.15) is 0 Å². The van der Waals surface area contributed by atoms with Crippen LogP contribution >= 0.6 is 0 Å². The van der Waals surface area contributed by atoms with Crippen molar-refractivity contribution < 1.29 is 13.2 Å². The Bertz CT molecular complexity index is 301. The Balaban J connectivity index is 1.78. The van der Waals surface area contributed by atoms with Crippen molar-refractivity contribution in [1.29, 1.82) is 0 Å². The van der Waals surface area contributed by atoms with E-state index in [-0.39, 0.29) is 24.4 Å². The second-order valence-corrected chi connectivity index (χ2v) is 6.80. The average Bonchev–Trinajstić information content (AvgIpc) is 2.86. The van der Waals surface area contributed by atoms with E-state index < -0.39 is 12.1 Å². The predicted octanol–water partition coefficient (Wildman–Crippen LogP) is 3.57. The SMILES string of the molecule is CN(C)C1(CNC2CCC(C(F)(F)F)CC2)CCCC1. The van der Waals surface area contributed by atoms with Gasteiger partial charge in [-0.15, -0.1) is 0 Å². The summed E-state index contributed by atoms with van der Waals surface area (Å²) >= 11 is 0. The van der Waals surface area contributed by atoms with Crippen LogP contribution in [0.5, 0.6) is 0 Å². The van der Waals surface area contributed by atoms with Crippen LogP contribution in [0.3, 0.4) is 0 Å². The van der Waals surface area contributed by atoms with Crippen molar-refractivity contribution in [2.75, 3.05) is 20.6 Å². The average molecular weight is 292 g/mol. The fourth-order valence-corrected chi connectivity index (χ4v) is 3.77. The van der Waals surface area contributed by atoms with E-state index in [2.05, 4.69) is 24.3 Å². The molecule has 0 unspecified atom stereocenters. The van der Waals surface area contributed by atoms with E-state index in [1.807, 2.05) is 0 Å². The molecule has 0 bridgehead atoms. The van der Waals surface area contributed by atoms with Crippen molar-refractivity contribution >= 4 is 0 Å². The summed E-state index contributed by atoms with van der Waals surface area (Å²) in [5.74, 6) is -1.07. The van der Waals surface area contributed by atoms with Crippen molar-refractivity contribution in [2.24, 2.45) is 5.92 Å². The fraction of sp³-hybridized carbons (Fsp3) is 1.00. The molecule has 2 saturated carbocycles. The lowest BCUT2D eigenvalue weighted by atomic mass is 9.85. The van der Waals surface area contributed by atoms with Crippen LogP contribution in [0.2, 0.25) is 0 Å². The molecule has 0 spiro atoms. The van der Waals surface area contributed by atoms with Crippen molar-refractivity contribution in [2.45, 2.75) is 69.1 Å². The van der Waals surface area contributed by atoms with E-state index in [0.717, 1.165) is 6.54 Å². The smallest absolute Gasteiger partial charge is 0.312 e. The summed E-state index contributed by atoms with van der Waals surface area (Å²) in [7, 11) is 4.24. The van der Waals surface area contributed by atoms with E-state index in [0.29, 0.717) is 12.8 Å². The standard InChI is InChI=1S/C15H27F3N2/c1-20(2)14(9-3-4-10-14)11-19-13-7-5-12(6-8-13)15(16,17)18/h12-13,19H,3-11H2,1-2H3. The van der Waals surface area contributed by atoms with Crippen LogP contribution in [0.1, 0.15) is 51.4 Å². The third kappa shape index (κ3) is 3.67. The Kier molecular flexibility index (Phi) is 5.00. The molecule has 0 aromatic rings. The molecule has 0 aromatic carbocycles. The molecule has 0 aromatic heterocycles. The van der Waals surface area contributed by atoms with E-state index in [4.69, 9.17) is 0 Å². The van der Waals surface area contributed by atoms with Gasteiger partial charge >= 0.3 is 6.18 Å². The molecule has 0 heterocycles. The fourth-order valence-electron chi connectivity index (χ4n) is 3.77. The van der Waals surface area contributed by atoms with Crippen molar-refractivity contribution in [3.05, 3.63) is 0 Å². The zero-order valence-corrected chi connectivity index (χ0v) is 12.6. The Morgan fingerprint density at radius 1 is 1.05 bits per heavy atom. The van der Waals surface area contributed by atoms with Gasteiger partial charge in [-0.25, -0.2) is 0 Å². The highest BCUT2D eigenvalue weighted by Crippen LogP contribution is 2.38. The zero-order chi connectivity index (χ0) is 14.8. The number of nitrogens with zero attached hydrogens (tertiary/aromatic N) is 1. The molecule has 2 fully saturated rings. The molecule has 0 radical (unpaired) electrons. The van der Waals surface area contributed by atoms with E-state index in [1.54, 1.807) is 0 Å². The Morgan fingerprint density at radius 2 is 1.60 bits per heavy atom. The van der Waals surface area contributed by atoms with Crippen LogP contribution < -0.4 is 5.32 Å². The molecule has 5 heteroatoms. The highest BCUT2D eigenvalue weighted by atomic mass is 19.4. The first-order valence-electron chi connectivity index (χ1n) is 7.81. The first-order valence-corrected chi connectivity index (χ1v) is 7.81. The Labute approximate surface area is 120 Å². The summed E-state index contributed by atoms with van der Waals surface area (Å²) in [6.45, 7) is 0.918.